The Morgan fingerprint density at radius 1 is 0.893 bits per heavy atom. The second kappa shape index (κ2) is 7.12. The first-order valence-electron chi connectivity index (χ1n) is 9.38. The third kappa shape index (κ3) is 3.05. The molecule has 1 heterocycles. The highest BCUT2D eigenvalue weighted by Gasteiger charge is 2.34. The van der Waals surface area contributed by atoms with Gasteiger partial charge in [0.05, 0.1) is 13.7 Å². The third-order valence-electron chi connectivity index (χ3n) is 5.75. The van der Waals surface area contributed by atoms with Crippen molar-refractivity contribution in [3.63, 3.8) is 0 Å². The highest BCUT2D eigenvalue weighted by molar-refractivity contribution is 5.54. The maximum absolute atomic E-state index is 10.0. The van der Waals surface area contributed by atoms with E-state index in [1.165, 1.54) is 11.6 Å². The van der Waals surface area contributed by atoms with Crippen LogP contribution in [0.3, 0.4) is 0 Å². The van der Waals surface area contributed by atoms with Gasteiger partial charge in [-0.1, -0.05) is 30.3 Å². The smallest absolute Gasteiger partial charge is 0.157 e. The zero-order chi connectivity index (χ0) is 19.8. The molecule has 0 aliphatic carbocycles. The summed E-state index contributed by atoms with van der Waals surface area (Å²) in [4.78, 5) is 0. The molecule has 4 nitrogen and oxygen atoms in total. The number of hydrogen-bond acceptors (Lipinski definition) is 4. The summed E-state index contributed by atoms with van der Waals surface area (Å²) in [5, 5.41) is 19.7. The molecule has 4 heteroatoms. The van der Waals surface area contributed by atoms with Crippen LogP contribution in [-0.4, -0.2) is 23.9 Å². The van der Waals surface area contributed by atoms with E-state index in [1.807, 2.05) is 18.2 Å². The van der Waals surface area contributed by atoms with Crippen LogP contribution in [0.4, 0.5) is 0 Å². The summed E-state index contributed by atoms with van der Waals surface area (Å²) in [6.07, 6.45) is 0. The van der Waals surface area contributed by atoms with Gasteiger partial charge in [0.1, 0.15) is 11.5 Å². The maximum atomic E-state index is 10.0. The summed E-state index contributed by atoms with van der Waals surface area (Å²) < 4.78 is 11.5. The summed E-state index contributed by atoms with van der Waals surface area (Å²) in [6.45, 7) is 4.68. The van der Waals surface area contributed by atoms with Crippen molar-refractivity contribution < 1.29 is 19.7 Å². The summed E-state index contributed by atoms with van der Waals surface area (Å²) in [5.74, 6) is 1.60. The Balaban J connectivity index is 1.87. The number of ether oxygens (including phenoxy) is 2. The minimum absolute atomic E-state index is 0.00880. The number of fused-ring (bicyclic) bond motifs is 1. The molecule has 4 rings (SSSR count). The van der Waals surface area contributed by atoms with Crippen LogP contribution in [0, 0.1) is 13.8 Å². The zero-order valence-corrected chi connectivity index (χ0v) is 16.3. The lowest BCUT2D eigenvalue weighted by Gasteiger charge is -2.35. The van der Waals surface area contributed by atoms with Gasteiger partial charge >= 0.3 is 0 Å². The Labute approximate surface area is 165 Å². The predicted octanol–water partition coefficient (Wildman–Crippen LogP) is 5.03. The van der Waals surface area contributed by atoms with E-state index in [4.69, 9.17) is 9.47 Å². The van der Waals surface area contributed by atoms with Gasteiger partial charge in [-0.25, -0.2) is 0 Å². The van der Waals surface area contributed by atoms with E-state index in [9.17, 15) is 10.2 Å². The van der Waals surface area contributed by atoms with E-state index in [2.05, 4.69) is 38.1 Å². The summed E-state index contributed by atoms with van der Waals surface area (Å²) in [5.41, 5.74) is 5.58. The van der Waals surface area contributed by atoms with Crippen molar-refractivity contribution in [1.29, 1.82) is 0 Å². The Hall–Kier alpha value is -3.14. The van der Waals surface area contributed by atoms with E-state index >= 15 is 0 Å². The molecule has 0 fully saturated rings. The lowest BCUT2D eigenvalue weighted by atomic mass is 9.75. The molecule has 2 unspecified atom stereocenters. The van der Waals surface area contributed by atoms with Crippen LogP contribution in [0.15, 0.2) is 54.6 Å². The highest BCUT2D eigenvalue weighted by atomic mass is 16.5. The fourth-order valence-corrected chi connectivity index (χ4v) is 4.02. The molecule has 0 saturated heterocycles. The Morgan fingerprint density at radius 2 is 1.61 bits per heavy atom. The van der Waals surface area contributed by atoms with Crippen molar-refractivity contribution in [2.75, 3.05) is 13.7 Å². The molecule has 0 aromatic heterocycles. The molecule has 3 aromatic rings. The number of methoxy groups -OCH3 is 1. The second-order valence-corrected chi connectivity index (χ2v) is 7.34. The van der Waals surface area contributed by atoms with Gasteiger partial charge in [-0.15, -0.1) is 0 Å². The van der Waals surface area contributed by atoms with Gasteiger partial charge < -0.3 is 19.7 Å². The number of aryl methyl sites for hydroxylation is 1. The normalized spacial score (nSPS) is 18.2. The van der Waals surface area contributed by atoms with Gasteiger partial charge in [-0.05, 0) is 60.4 Å². The lowest BCUT2D eigenvalue weighted by molar-refractivity contribution is 0.246. The van der Waals surface area contributed by atoms with Crippen molar-refractivity contribution >= 4 is 0 Å². The minimum atomic E-state index is -0.117. The molecule has 3 aromatic carbocycles. The molecule has 2 N–H and O–H groups in total. The molecular formula is C24H24O4. The summed E-state index contributed by atoms with van der Waals surface area (Å²) >= 11 is 0. The number of aromatic hydroxyl groups is 2. The maximum Gasteiger partial charge on any atom is 0.157 e. The molecule has 1 aliphatic rings. The van der Waals surface area contributed by atoms with E-state index in [0.29, 0.717) is 6.61 Å². The molecule has 28 heavy (non-hydrogen) atoms. The molecule has 0 spiro atoms. The molecule has 2 atom stereocenters. The van der Waals surface area contributed by atoms with E-state index in [0.717, 1.165) is 33.8 Å². The van der Waals surface area contributed by atoms with Gasteiger partial charge in [-0.3, -0.25) is 0 Å². The number of phenols is 2. The average molecular weight is 376 g/mol. The second-order valence-electron chi connectivity index (χ2n) is 7.34. The van der Waals surface area contributed by atoms with Gasteiger partial charge in [-0.2, -0.15) is 0 Å². The standard InChI is InChI=1S/C24H24O4/c1-14-4-10-19-23(16-5-8-18(27-3)9-6-16)20(13-28-24(19)15(14)2)17-7-11-21(25)22(26)12-17/h4-12,20,23,25-26H,13H2,1-3H3. The molecule has 1 aliphatic heterocycles. The van der Waals surface area contributed by atoms with E-state index < -0.39 is 0 Å². The molecule has 0 bridgehead atoms. The fourth-order valence-electron chi connectivity index (χ4n) is 4.02. The molecule has 0 saturated carbocycles. The lowest BCUT2D eigenvalue weighted by Crippen LogP contribution is -2.26. The number of hydrogen-bond donors (Lipinski definition) is 2. The Bertz CT molecular complexity index is 1010. The van der Waals surface area contributed by atoms with Crippen LogP contribution < -0.4 is 9.47 Å². The molecular weight excluding hydrogens is 352 g/mol. The largest absolute Gasteiger partial charge is 0.504 e. The zero-order valence-electron chi connectivity index (χ0n) is 16.3. The van der Waals surface area contributed by atoms with E-state index in [1.54, 1.807) is 13.2 Å². The topological polar surface area (TPSA) is 58.9 Å². The van der Waals surface area contributed by atoms with Crippen molar-refractivity contribution in [2.45, 2.75) is 25.7 Å². The van der Waals surface area contributed by atoms with Crippen LogP contribution in [0.5, 0.6) is 23.0 Å². The first-order valence-corrected chi connectivity index (χ1v) is 9.38. The van der Waals surface area contributed by atoms with Crippen molar-refractivity contribution in [2.24, 2.45) is 0 Å². The van der Waals surface area contributed by atoms with Gasteiger partial charge in [0.2, 0.25) is 0 Å². The quantitative estimate of drug-likeness (QED) is 0.630. The van der Waals surface area contributed by atoms with Gasteiger partial charge in [0.15, 0.2) is 11.5 Å². The van der Waals surface area contributed by atoms with Crippen LogP contribution in [-0.2, 0) is 0 Å². The number of rotatable bonds is 3. The third-order valence-corrected chi connectivity index (χ3v) is 5.75. The molecule has 0 radical (unpaired) electrons. The molecule has 144 valence electrons. The summed E-state index contributed by atoms with van der Waals surface area (Å²) in [6, 6.07) is 17.4. The van der Waals surface area contributed by atoms with Gasteiger partial charge in [0.25, 0.3) is 0 Å². The Morgan fingerprint density at radius 3 is 2.29 bits per heavy atom. The van der Waals surface area contributed by atoms with Crippen LogP contribution in [0.1, 0.15) is 39.7 Å². The fraction of sp³-hybridized carbons (Fsp3) is 0.250. The van der Waals surface area contributed by atoms with Crippen LogP contribution >= 0.6 is 0 Å². The van der Waals surface area contributed by atoms with Crippen LogP contribution in [0.25, 0.3) is 0 Å². The number of benzene rings is 3. The Kier molecular flexibility index (Phi) is 4.63. The SMILES string of the molecule is COc1ccc(C2c3ccc(C)c(C)c3OCC2c2ccc(O)c(O)c2)cc1. The average Bonchev–Trinajstić information content (AvgIpc) is 2.72. The molecule has 0 amide bonds. The first kappa shape index (κ1) is 18.2. The van der Waals surface area contributed by atoms with E-state index in [-0.39, 0.29) is 23.3 Å². The van der Waals surface area contributed by atoms with Crippen molar-refractivity contribution in [3.8, 4) is 23.0 Å². The highest BCUT2D eigenvalue weighted by Crippen LogP contribution is 2.48. The van der Waals surface area contributed by atoms with Crippen LogP contribution in [0.2, 0.25) is 0 Å². The van der Waals surface area contributed by atoms with Gasteiger partial charge in [0, 0.05) is 17.4 Å². The van der Waals surface area contributed by atoms with Crippen molar-refractivity contribution in [3.05, 3.63) is 82.4 Å². The van der Waals surface area contributed by atoms with Crippen molar-refractivity contribution in [1.82, 2.24) is 0 Å². The predicted molar refractivity (Wildman–Crippen MR) is 109 cm³/mol. The monoisotopic (exact) mass is 376 g/mol. The number of phenolic OH excluding ortho intramolecular Hbond substituents is 2. The first-order chi connectivity index (χ1) is 13.5. The summed E-state index contributed by atoms with van der Waals surface area (Å²) in [7, 11) is 1.66. The minimum Gasteiger partial charge on any atom is -0.504 e.